The summed E-state index contributed by atoms with van der Waals surface area (Å²) in [5.74, 6) is 0.480. The highest BCUT2D eigenvalue weighted by Gasteiger charge is 2.25. The van der Waals surface area contributed by atoms with Crippen molar-refractivity contribution in [2.24, 2.45) is 0 Å². The first kappa shape index (κ1) is 14.4. The largest absolute Gasteiger partial charge is 0.350 e. The van der Waals surface area contributed by atoms with Crippen LogP contribution in [0.15, 0.2) is 0 Å². The van der Waals surface area contributed by atoms with E-state index in [0.29, 0.717) is 12.5 Å². The van der Waals surface area contributed by atoms with Crippen LogP contribution < -0.4 is 5.32 Å². The van der Waals surface area contributed by atoms with Crippen molar-refractivity contribution in [3.05, 3.63) is 10.6 Å². The first-order valence-corrected chi connectivity index (χ1v) is 7.66. The van der Waals surface area contributed by atoms with Gasteiger partial charge in [-0.3, -0.25) is 9.69 Å². The minimum Gasteiger partial charge on any atom is -0.350 e. The van der Waals surface area contributed by atoms with Crippen molar-refractivity contribution in [3.8, 4) is 0 Å². The maximum Gasteiger partial charge on any atom is 0.237 e. The van der Waals surface area contributed by atoms with Gasteiger partial charge in [-0.05, 0) is 43.9 Å². The van der Waals surface area contributed by atoms with Gasteiger partial charge in [0, 0.05) is 0 Å². The van der Waals surface area contributed by atoms with Crippen LogP contribution in [0.1, 0.15) is 49.6 Å². The first-order valence-electron chi connectivity index (χ1n) is 6.88. The lowest BCUT2D eigenvalue weighted by Gasteiger charge is -2.31. The molecule has 1 amide bonds. The van der Waals surface area contributed by atoms with Crippen molar-refractivity contribution in [2.75, 3.05) is 13.6 Å². The lowest BCUT2D eigenvalue weighted by atomic mass is 10.0. The summed E-state index contributed by atoms with van der Waals surface area (Å²) in [4.78, 5) is 15.4. The fraction of sp³-hybridized carbons (Fsp3) is 0.769. The number of likely N-dealkylation sites (tertiary alicyclic amines) is 1. The molecule has 0 unspecified atom stereocenters. The fourth-order valence-electron chi connectivity index (χ4n) is 2.47. The summed E-state index contributed by atoms with van der Waals surface area (Å²) in [5, 5.41) is 7.16. The Morgan fingerprint density at radius 3 is 3.00 bits per heavy atom. The summed E-state index contributed by atoms with van der Waals surface area (Å²) in [7, 11) is 2.03. The van der Waals surface area contributed by atoms with E-state index in [-0.39, 0.29) is 11.9 Å². The van der Waals surface area contributed by atoms with Crippen LogP contribution in [-0.4, -0.2) is 40.0 Å². The Morgan fingerprint density at radius 2 is 2.32 bits per heavy atom. The second kappa shape index (κ2) is 6.43. The molecule has 1 saturated heterocycles. The number of hydrogen-bond acceptors (Lipinski definition) is 5. The number of nitrogens with one attached hydrogen (secondary N) is 1. The Bertz CT molecular complexity index is 432. The van der Waals surface area contributed by atoms with E-state index in [2.05, 4.69) is 33.7 Å². The maximum atomic E-state index is 12.2. The number of amides is 1. The third-order valence-electron chi connectivity index (χ3n) is 3.63. The normalized spacial score (nSPS) is 20.7. The molecule has 0 aliphatic carbocycles. The Balaban J connectivity index is 1.91. The van der Waals surface area contributed by atoms with E-state index in [9.17, 15) is 4.79 Å². The summed E-state index contributed by atoms with van der Waals surface area (Å²) in [6, 6.07) is 0.0251. The van der Waals surface area contributed by atoms with E-state index in [1.165, 1.54) is 18.0 Å². The highest BCUT2D eigenvalue weighted by atomic mass is 32.1. The van der Waals surface area contributed by atoms with Gasteiger partial charge in [0.25, 0.3) is 0 Å². The van der Waals surface area contributed by atoms with E-state index < -0.39 is 0 Å². The van der Waals surface area contributed by atoms with E-state index in [0.717, 1.165) is 30.0 Å². The molecule has 5 nitrogen and oxygen atoms in total. The SMILES string of the molecule is CC(C)c1nnsc1CNC(=O)[C@@H]1CCCCN1C. The number of aromatic nitrogens is 2. The Hall–Kier alpha value is -1.01. The van der Waals surface area contributed by atoms with Gasteiger partial charge < -0.3 is 5.32 Å². The number of hydrogen-bond donors (Lipinski definition) is 1. The van der Waals surface area contributed by atoms with Crippen molar-refractivity contribution in [3.63, 3.8) is 0 Å². The molecule has 6 heteroatoms. The van der Waals surface area contributed by atoms with Crippen LogP contribution in [0.2, 0.25) is 0 Å². The third-order valence-corrected chi connectivity index (χ3v) is 4.37. The van der Waals surface area contributed by atoms with E-state index in [1.807, 2.05) is 7.05 Å². The molecule has 0 bridgehead atoms. The van der Waals surface area contributed by atoms with Crippen LogP contribution in [0.4, 0.5) is 0 Å². The maximum absolute atomic E-state index is 12.2. The Labute approximate surface area is 118 Å². The second-order valence-corrected chi connectivity index (χ2v) is 6.28. The van der Waals surface area contributed by atoms with Gasteiger partial charge in [-0.2, -0.15) is 0 Å². The molecule has 1 N–H and O–H groups in total. The van der Waals surface area contributed by atoms with Crippen LogP contribution in [0.25, 0.3) is 0 Å². The van der Waals surface area contributed by atoms with Crippen LogP contribution in [-0.2, 0) is 11.3 Å². The zero-order chi connectivity index (χ0) is 13.8. The minimum atomic E-state index is 0.0251. The molecular formula is C13H22N4OS. The number of likely N-dealkylation sites (N-methyl/N-ethyl adjacent to an activating group) is 1. The summed E-state index contributed by atoms with van der Waals surface area (Å²) in [6.07, 6.45) is 3.29. The van der Waals surface area contributed by atoms with E-state index >= 15 is 0 Å². The van der Waals surface area contributed by atoms with Gasteiger partial charge in [0.1, 0.15) is 0 Å². The van der Waals surface area contributed by atoms with Crippen molar-refractivity contribution in [1.82, 2.24) is 19.8 Å². The summed E-state index contributed by atoms with van der Waals surface area (Å²) < 4.78 is 3.98. The molecular weight excluding hydrogens is 260 g/mol. The predicted molar refractivity (Wildman–Crippen MR) is 76.1 cm³/mol. The fourth-order valence-corrected chi connectivity index (χ4v) is 3.20. The van der Waals surface area contributed by atoms with E-state index in [1.54, 1.807) is 0 Å². The summed E-state index contributed by atoms with van der Waals surface area (Å²) in [6.45, 7) is 5.75. The molecule has 0 spiro atoms. The predicted octanol–water partition coefficient (Wildman–Crippen LogP) is 1.76. The van der Waals surface area contributed by atoms with Gasteiger partial charge in [0.05, 0.1) is 23.2 Å². The molecule has 1 atom stereocenters. The van der Waals surface area contributed by atoms with Crippen molar-refractivity contribution in [2.45, 2.75) is 51.6 Å². The standard InChI is InChI=1S/C13H22N4OS/c1-9(2)12-11(19-16-15-12)8-14-13(18)10-6-4-5-7-17(10)3/h9-10H,4-8H2,1-3H3,(H,14,18)/t10-/m0/s1. The monoisotopic (exact) mass is 282 g/mol. The van der Waals surface area contributed by atoms with Crippen LogP contribution >= 0.6 is 11.5 Å². The number of carbonyl (C=O) groups is 1. The highest BCUT2D eigenvalue weighted by Crippen LogP contribution is 2.20. The summed E-state index contributed by atoms with van der Waals surface area (Å²) in [5.41, 5.74) is 1.00. The van der Waals surface area contributed by atoms with Crippen molar-refractivity contribution >= 4 is 17.4 Å². The molecule has 1 aliphatic heterocycles. The molecule has 0 saturated carbocycles. The van der Waals surface area contributed by atoms with Gasteiger partial charge in [0.15, 0.2) is 0 Å². The minimum absolute atomic E-state index is 0.0251. The number of rotatable bonds is 4. The highest BCUT2D eigenvalue weighted by molar-refractivity contribution is 7.05. The number of carbonyl (C=O) groups excluding carboxylic acids is 1. The Kier molecular flexibility index (Phi) is 4.87. The smallest absolute Gasteiger partial charge is 0.237 e. The molecule has 19 heavy (non-hydrogen) atoms. The number of nitrogens with zero attached hydrogens (tertiary/aromatic N) is 3. The molecule has 106 valence electrons. The number of piperidine rings is 1. The quantitative estimate of drug-likeness (QED) is 0.914. The topological polar surface area (TPSA) is 58.1 Å². The first-order chi connectivity index (χ1) is 9.09. The van der Waals surface area contributed by atoms with Crippen molar-refractivity contribution < 1.29 is 4.79 Å². The zero-order valence-electron chi connectivity index (χ0n) is 11.8. The molecule has 2 rings (SSSR count). The lowest BCUT2D eigenvalue weighted by molar-refractivity contribution is -0.127. The molecule has 0 radical (unpaired) electrons. The van der Waals surface area contributed by atoms with Gasteiger partial charge in [-0.15, -0.1) is 5.10 Å². The van der Waals surface area contributed by atoms with Gasteiger partial charge >= 0.3 is 0 Å². The third kappa shape index (κ3) is 3.51. The van der Waals surface area contributed by atoms with E-state index in [4.69, 9.17) is 0 Å². The zero-order valence-corrected chi connectivity index (χ0v) is 12.7. The molecule has 0 aromatic carbocycles. The van der Waals surface area contributed by atoms with Gasteiger partial charge in [-0.1, -0.05) is 24.8 Å². The van der Waals surface area contributed by atoms with Gasteiger partial charge in [-0.25, -0.2) is 0 Å². The van der Waals surface area contributed by atoms with Gasteiger partial charge in [0.2, 0.25) is 5.91 Å². The van der Waals surface area contributed by atoms with Crippen LogP contribution in [0.3, 0.4) is 0 Å². The second-order valence-electron chi connectivity index (χ2n) is 5.45. The lowest BCUT2D eigenvalue weighted by Crippen LogP contribution is -2.47. The molecule has 1 fully saturated rings. The van der Waals surface area contributed by atoms with Crippen LogP contribution in [0.5, 0.6) is 0 Å². The average molecular weight is 282 g/mol. The Morgan fingerprint density at radius 1 is 1.53 bits per heavy atom. The van der Waals surface area contributed by atoms with Crippen LogP contribution in [0, 0.1) is 0 Å². The molecule has 1 aromatic heterocycles. The molecule has 1 aromatic rings. The average Bonchev–Trinajstić information content (AvgIpc) is 2.85. The molecule has 2 heterocycles. The molecule has 1 aliphatic rings. The summed E-state index contributed by atoms with van der Waals surface area (Å²) >= 11 is 1.38. The van der Waals surface area contributed by atoms with Crippen molar-refractivity contribution in [1.29, 1.82) is 0 Å².